The predicted octanol–water partition coefficient (Wildman–Crippen LogP) is 2.37. The quantitative estimate of drug-likeness (QED) is 0.832. The predicted molar refractivity (Wildman–Crippen MR) is 74.1 cm³/mol. The number of aliphatic hydroxyl groups excluding tert-OH is 1. The number of carbonyl (C=O) groups excluding carboxylic acids is 1. The minimum absolute atomic E-state index is 0.0222. The van der Waals surface area contributed by atoms with Crippen LogP contribution in [0.25, 0.3) is 0 Å². The standard InChI is InChI=1S/C14H24N2O3/c1-5-6-16(7-8-17)14(18)15-11(3)13-9-10(2)19-12(13)4/h9,11,17H,5-8H2,1-4H3,(H,15,18). The molecule has 0 saturated heterocycles. The molecule has 0 spiro atoms. The summed E-state index contributed by atoms with van der Waals surface area (Å²) in [6, 6.07) is 1.68. The second-order valence-electron chi connectivity index (χ2n) is 4.75. The van der Waals surface area contributed by atoms with Crippen molar-refractivity contribution in [2.45, 2.75) is 40.2 Å². The summed E-state index contributed by atoms with van der Waals surface area (Å²) >= 11 is 0. The molecule has 0 saturated carbocycles. The third kappa shape index (κ3) is 4.28. The van der Waals surface area contributed by atoms with Crippen LogP contribution in [0, 0.1) is 13.8 Å². The molecule has 1 atom stereocenters. The molecule has 1 rings (SSSR count). The molecule has 0 aliphatic carbocycles. The Hall–Kier alpha value is -1.49. The highest BCUT2D eigenvalue weighted by atomic mass is 16.3. The smallest absolute Gasteiger partial charge is 0.317 e. The summed E-state index contributed by atoms with van der Waals surface area (Å²) in [5.74, 6) is 1.67. The van der Waals surface area contributed by atoms with Crippen molar-refractivity contribution in [3.63, 3.8) is 0 Å². The third-order valence-electron chi connectivity index (χ3n) is 3.04. The van der Waals surface area contributed by atoms with Gasteiger partial charge in [-0.2, -0.15) is 0 Å². The topological polar surface area (TPSA) is 65.7 Å². The number of nitrogens with one attached hydrogen (secondary N) is 1. The number of amides is 2. The highest BCUT2D eigenvalue weighted by Gasteiger charge is 2.18. The van der Waals surface area contributed by atoms with Crippen LogP contribution in [-0.2, 0) is 0 Å². The number of urea groups is 1. The zero-order chi connectivity index (χ0) is 14.4. The van der Waals surface area contributed by atoms with Crippen molar-refractivity contribution in [2.24, 2.45) is 0 Å². The molecule has 0 aliphatic heterocycles. The fourth-order valence-electron chi connectivity index (χ4n) is 2.14. The molecule has 2 N–H and O–H groups in total. The Labute approximate surface area is 114 Å². The van der Waals surface area contributed by atoms with Crippen molar-refractivity contribution in [1.29, 1.82) is 0 Å². The molecule has 0 aromatic carbocycles. The Morgan fingerprint density at radius 2 is 2.16 bits per heavy atom. The van der Waals surface area contributed by atoms with E-state index >= 15 is 0 Å². The molecule has 108 valence electrons. The zero-order valence-corrected chi connectivity index (χ0v) is 12.2. The van der Waals surface area contributed by atoms with Gasteiger partial charge in [0.05, 0.1) is 12.6 Å². The number of nitrogens with zero attached hydrogens (tertiary/aromatic N) is 1. The van der Waals surface area contributed by atoms with Gasteiger partial charge < -0.3 is 19.7 Å². The molecule has 1 unspecified atom stereocenters. The van der Waals surface area contributed by atoms with Gasteiger partial charge in [-0.3, -0.25) is 0 Å². The number of hydrogen-bond acceptors (Lipinski definition) is 3. The maximum Gasteiger partial charge on any atom is 0.317 e. The van der Waals surface area contributed by atoms with Gasteiger partial charge in [0.1, 0.15) is 11.5 Å². The van der Waals surface area contributed by atoms with Gasteiger partial charge in [-0.25, -0.2) is 4.79 Å². The van der Waals surface area contributed by atoms with Gasteiger partial charge in [0.2, 0.25) is 0 Å². The molecule has 5 heteroatoms. The number of aliphatic hydroxyl groups is 1. The summed E-state index contributed by atoms with van der Waals surface area (Å²) < 4.78 is 5.47. The van der Waals surface area contributed by atoms with Gasteiger partial charge in [0.25, 0.3) is 0 Å². The summed E-state index contributed by atoms with van der Waals surface area (Å²) in [6.45, 7) is 8.69. The van der Waals surface area contributed by atoms with Crippen LogP contribution in [0.1, 0.15) is 43.4 Å². The molecule has 1 aromatic heterocycles. The first kappa shape index (κ1) is 15.6. The minimum atomic E-state index is -0.151. The molecule has 0 bridgehead atoms. The Balaban J connectivity index is 2.66. The monoisotopic (exact) mass is 268 g/mol. The molecule has 19 heavy (non-hydrogen) atoms. The van der Waals surface area contributed by atoms with Crippen LogP contribution in [-0.4, -0.2) is 35.7 Å². The van der Waals surface area contributed by atoms with Gasteiger partial charge in [-0.1, -0.05) is 6.92 Å². The summed E-state index contributed by atoms with van der Waals surface area (Å²) in [5.41, 5.74) is 0.992. The van der Waals surface area contributed by atoms with E-state index in [1.165, 1.54) is 0 Å². The highest BCUT2D eigenvalue weighted by Crippen LogP contribution is 2.21. The van der Waals surface area contributed by atoms with E-state index in [0.717, 1.165) is 23.5 Å². The molecule has 1 aromatic rings. The summed E-state index contributed by atoms with van der Waals surface area (Å²) in [7, 11) is 0. The Kier molecular flexibility index (Phi) is 5.89. The molecule has 0 fully saturated rings. The van der Waals surface area contributed by atoms with E-state index < -0.39 is 0 Å². The average Bonchev–Trinajstić information content (AvgIpc) is 2.68. The highest BCUT2D eigenvalue weighted by molar-refractivity contribution is 5.74. The maximum atomic E-state index is 12.1. The van der Waals surface area contributed by atoms with Crippen LogP contribution in [0.3, 0.4) is 0 Å². The molecule has 0 aliphatic rings. The maximum absolute atomic E-state index is 12.1. The number of aryl methyl sites for hydroxylation is 2. The number of carbonyl (C=O) groups is 1. The van der Waals surface area contributed by atoms with Gasteiger partial charge in [-0.15, -0.1) is 0 Å². The van der Waals surface area contributed by atoms with Crippen LogP contribution in [0.5, 0.6) is 0 Å². The molecule has 1 heterocycles. The fourth-order valence-corrected chi connectivity index (χ4v) is 2.14. The van der Waals surface area contributed by atoms with Crippen molar-refractivity contribution in [3.05, 3.63) is 23.2 Å². The van der Waals surface area contributed by atoms with E-state index in [1.54, 1.807) is 4.90 Å². The largest absolute Gasteiger partial charge is 0.466 e. The first-order chi connectivity index (χ1) is 8.99. The van der Waals surface area contributed by atoms with E-state index in [0.29, 0.717) is 13.1 Å². The van der Waals surface area contributed by atoms with Gasteiger partial charge >= 0.3 is 6.03 Å². The van der Waals surface area contributed by atoms with Crippen molar-refractivity contribution in [1.82, 2.24) is 10.2 Å². The SMILES string of the molecule is CCCN(CCO)C(=O)NC(C)c1cc(C)oc1C. The Bertz CT molecular complexity index is 409. The number of hydrogen-bond donors (Lipinski definition) is 2. The lowest BCUT2D eigenvalue weighted by Crippen LogP contribution is -2.42. The van der Waals surface area contributed by atoms with Crippen LogP contribution in [0.15, 0.2) is 10.5 Å². The fraction of sp³-hybridized carbons (Fsp3) is 0.643. The summed E-state index contributed by atoms with van der Waals surface area (Å²) in [5, 5.41) is 11.9. The lowest BCUT2D eigenvalue weighted by molar-refractivity contribution is 0.174. The average molecular weight is 268 g/mol. The molecule has 2 amide bonds. The van der Waals surface area contributed by atoms with E-state index in [1.807, 2.05) is 33.8 Å². The van der Waals surface area contributed by atoms with E-state index in [2.05, 4.69) is 5.32 Å². The van der Waals surface area contributed by atoms with Gasteiger partial charge in [0, 0.05) is 18.7 Å². The van der Waals surface area contributed by atoms with Gasteiger partial charge in [0.15, 0.2) is 0 Å². The third-order valence-corrected chi connectivity index (χ3v) is 3.04. The molecule has 5 nitrogen and oxygen atoms in total. The minimum Gasteiger partial charge on any atom is -0.466 e. The van der Waals surface area contributed by atoms with Gasteiger partial charge in [-0.05, 0) is 33.3 Å². The zero-order valence-electron chi connectivity index (χ0n) is 12.2. The van der Waals surface area contributed by atoms with Crippen molar-refractivity contribution < 1.29 is 14.3 Å². The van der Waals surface area contributed by atoms with E-state index in [-0.39, 0.29) is 18.7 Å². The lowest BCUT2D eigenvalue weighted by atomic mass is 10.1. The second-order valence-corrected chi connectivity index (χ2v) is 4.75. The van der Waals surface area contributed by atoms with Crippen LogP contribution < -0.4 is 5.32 Å². The number of furan rings is 1. The van der Waals surface area contributed by atoms with Crippen LogP contribution in [0.4, 0.5) is 4.79 Å². The normalized spacial score (nSPS) is 12.3. The van der Waals surface area contributed by atoms with Crippen molar-refractivity contribution in [2.75, 3.05) is 19.7 Å². The molecule has 0 radical (unpaired) electrons. The molecular formula is C14H24N2O3. The number of rotatable bonds is 6. The Morgan fingerprint density at radius 3 is 2.63 bits per heavy atom. The summed E-state index contributed by atoms with van der Waals surface area (Å²) in [4.78, 5) is 13.7. The van der Waals surface area contributed by atoms with Crippen LogP contribution in [0.2, 0.25) is 0 Å². The lowest BCUT2D eigenvalue weighted by Gasteiger charge is -2.24. The first-order valence-corrected chi connectivity index (χ1v) is 6.72. The Morgan fingerprint density at radius 1 is 1.47 bits per heavy atom. The molecular weight excluding hydrogens is 244 g/mol. The van der Waals surface area contributed by atoms with E-state index in [9.17, 15) is 4.79 Å². The van der Waals surface area contributed by atoms with E-state index in [4.69, 9.17) is 9.52 Å². The van der Waals surface area contributed by atoms with Crippen molar-refractivity contribution in [3.8, 4) is 0 Å². The second kappa shape index (κ2) is 7.19. The van der Waals surface area contributed by atoms with Crippen molar-refractivity contribution >= 4 is 6.03 Å². The first-order valence-electron chi connectivity index (χ1n) is 6.72. The summed E-state index contributed by atoms with van der Waals surface area (Å²) in [6.07, 6.45) is 0.867. The van der Waals surface area contributed by atoms with Crippen LogP contribution >= 0.6 is 0 Å².